The number of carbonyl (C=O) groups is 1. The van der Waals surface area contributed by atoms with E-state index >= 15 is 0 Å². The highest BCUT2D eigenvalue weighted by molar-refractivity contribution is 7.13. The van der Waals surface area contributed by atoms with Crippen molar-refractivity contribution in [2.24, 2.45) is 0 Å². The Kier molecular flexibility index (Phi) is 7.18. The predicted octanol–water partition coefficient (Wildman–Crippen LogP) is 2.84. The highest BCUT2D eigenvalue weighted by atomic mass is 32.1. The van der Waals surface area contributed by atoms with Gasteiger partial charge in [0, 0.05) is 76.0 Å². The van der Waals surface area contributed by atoms with Gasteiger partial charge >= 0.3 is 0 Å². The van der Waals surface area contributed by atoms with E-state index in [1.54, 1.807) is 11.3 Å². The summed E-state index contributed by atoms with van der Waals surface area (Å²) >= 11 is 1.62. The second-order valence-corrected chi connectivity index (χ2v) is 10.0. The van der Waals surface area contributed by atoms with Gasteiger partial charge in [-0.05, 0) is 24.7 Å². The standard InChI is InChI=1S/C26H32N6OS/c1-29-10-12-30(13-11-29)19-21-5-7-22(8-6-21)26-28-23(20-34-26)18-25(33)32-16-14-31(15-17-32)24-4-2-3-9-27-24/h2-9,20H,10-19H2,1H3. The number of rotatable bonds is 6. The second kappa shape index (κ2) is 10.6. The SMILES string of the molecule is CN1CCN(Cc2ccc(-c3nc(CC(=O)N4CCN(c5ccccn5)CC4)cs3)cc2)CC1. The van der Waals surface area contributed by atoms with Gasteiger partial charge in [0.15, 0.2) is 0 Å². The van der Waals surface area contributed by atoms with Crippen LogP contribution in [0.1, 0.15) is 11.3 Å². The minimum Gasteiger partial charge on any atom is -0.353 e. The number of pyridine rings is 1. The molecular weight excluding hydrogens is 444 g/mol. The summed E-state index contributed by atoms with van der Waals surface area (Å²) in [6.07, 6.45) is 2.18. The van der Waals surface area contributed by atoms with E-state index < -0.39 is 0 Å². The largest absolute Gasteiger partial charge is 0.353 e. The number of nitrogens with zero attached hydrogens (tertiary/aromatic N) is 6. The number of hydrogen-bond acceptors (Lipinski definition) is 7. The molecule has 5 rings (SSSR count). The number of thiazole rings is 1. The van der Waals surface area contributed by atoms with Gasteiger partial charge in [0.1, 0.15) is 10.8 Å². The van der Waals surface area contributed by atoms with E-state index in [2.05, 4.69) is 51.0 Å². The molecule has 0 spiro atoms. The number of likely N-dealkylation sites (N-methyl/N-ethyl adjacent to an activating group) is 1. The molecule has 2 saturated heterocycles. The van der Waals surface area contributed by atoms with E-state index in [0.29, 0.717) is 6.42 Å². The number of hydrogen-bond donors (Lipinski definition) is 0. The first kappa shape index (κ1) is 23.0. The Balaban J connectivity index is 1.13. The normalized spacial score (nSPS) is 17.8. The zero-order valence-corrected chi connectivity index (χ0v) is 20.6. The predicted molar refractivity (Wildman–Crippen MR) is 137 cm³/mol. The average Bonchev–Trinajstić information content (AvgIpc) is 3.35. The molecule has 7 nitrogen and oxygen atoms in total. The highest BCUT2D eigenvalue weighted by Crippen LogP contribution is 2.25. The van der Waals surface area contributed by atoms with Crippen molar-refractivity contribution in [3.8, 4) is 10.6 Å². The van der Waals surface area contributed by atoms with Crippen molar-refractivity contribution in [1.82, 2.24) is 24.7 Å². The highest BCUT2D eigenvalue weighted by Gasteiger charge is 2.22. The molecule has 1 aromatic carbocycles. The lowest BCUT2D eigenvalue weighted by molar-refractivity contribution is -0.130. The molecule has 0 bridgehead atoms. The number of aromatic nitrogens is 2. The fourth-order valence-corrected chi connectivity index (χ4v) is 5.36. The van der Waals surface area contributed by atoms with E-state index in [1.165, 1.54) is 5.56 Å². The summed E-state index contributed by atoms with van der Waals surface area (Å²) in [5, 5.41) is 3.00. The van der Waals surface area contributed by atoms with Crippen LogP contribution in [-0.2, 0) is 17.8 Å². The fraction of sp³-hybridized carbons (Fsp3) is 0.423. The monoisotopic (exact) mass is 476 g/mol. The van der Waals surface area contributed by atoms with E-state index in [9.17, 15) is 4.79 Å². The zero-order valence-electron chi connectivity index (χ0n) is 19.8. The van der Waals surface area contributed by atoms with Gasteiger partial charge < -0.3 is 14.7 Å². The van der Waals surface area contributed by atoms with Gasteiger partial charge in [0.05, 0.1) is 12.1 Å². The smallest absolute Gasteiger partial charge is 0.228 e. The van der Waals surface area contributed by atoms with Crippen molar-refractivity contribution >= 4 is 23.1 Å². The van der Waals surface area contributed by atoms with Crippen LogP contribution in [0.2, 0.25) is 0 Å². The van der Waals surface area contributed by atoms with E-state index in [-0.39, 0.29) is 5.91 Å². The third-order valence-corrected chi connectivity index (χ3v) is 7.63. The first-order valence-corrected chi connectivity index (χ1v) is 12.9. The molecule has 8 heteroatoms. The molecule has 4 heterocycles. The molecule has 34 heavy (non-hydrogen) atoms. The van der Waals surface area contributed by atoms with Crippen molar-refractivity contribution < 1.29 is 4.79 Å². The molecule has 0 saturated carbocycles. The number of carbonyl (C=O) groups excluding carboxylic acids is 1. The van der Waals surface area contributed by atoms with Gasteiger partial charge in [-0.15, -0.1) is 11.3 Å². The Morgan fingerprint density at radius 3 is 2.41 bits per heavy atom. The lowest BCUT2D eigenvalue weighted by atomic mass is 10.1. The summed E-state index contributed by atoms with van der Waals surface area (Å²) in [4.78, 5) is 31.1. The molecule has 1 amide bonds. The van der Waals surface area contributed by atoms with E-state index in [1.807, 2.05) is 34.7 Å². The Morgan fingerprint density at radius 1 is 0.941 bits per heavy atom. The number of benzene rings is 1. The van der Waals surface area contributed by atoms with Crippen LogP contribution in [0, 0.1) is 0 Å². The molecule has 0 radical (unpaired) electrons. The van der Waals surface area contributed by atoms with Crippen molar-refractivity contribution in [3.05, 3.63) is 65.3 Å². The Morgan fingerprint density at radius 2 is 1.71 bits per heavy atom. The number of anilines is 1. The summed E-state index contributed by atoms with van der Waals surface area (Å²) in [7, 11) is 2.19. The number of amides is 1. The first-order chi connectivity index (χ1) is 16.6. The summed E-state index contributed by atoms with van der Waals surface area (Å²) in [5.41, 5.74) is 3.32. The van der Waals surface area contributed by atoms with E-state index in [4.69, 9.17) is 4.98 Å². The second-order valence-electron chi connectivity index (χ2n) is 9.15. The first-order valence-electron chi connectivity index (χ1n) is 12.0. The molecular formula is C26H32N6OS. The van der Waals surface area contributed by atoms with E-state index in [0.717, 1.165) is 81.0 Å². The van der Waals surface area contributed by atoms with Crippen LogP contribution in [0.15, 0.2) is 54.0 Å². The topological polar surface area (TPSA) is 55.8 Å². The minimum atomic E-state index is 0.153. The Hall–Kier alpha value is -2.81. The van der Waals surface area contributed by atoms with Crippen LogP contribution >= 0.6 is 11.3 Å². The van der Waals surface area contributed by atoms with Gasteiger partial charge in [0.25, 0.3) is 0 Å². The number of piperazine rings is 2. The maximum absolute atomic E-state index is 12.9. The molecule has 2 aliphatic heterocycles. The van der Waals surface area contributed by atoms with Crippen LogP contribution in [0.25, 0.3) is 10.6 Å². The maximum Gasteiger partial charge on any atom is 0.228 e. The van der Waals surface area contributed by atoms with Gasteiger partial charge in [0.2, 0.25) is 5.91 Å². The van der Waals surface area contributed by atoms with Gasteiger partial charge in [-0.3, -0.25) is 9.69 Å². The molecule has 2 fully saturated rings. The Labute approximate surface area is 205 Å². The summed E-state index contributed by atoms with van der Waals surface area (Å²) in [5.74, 6) is 1.13. The summed E-state index contributed by atoms with van der Waals surface area (Å²) in [6, 6.07) is 14.7. The molecule has 3 aromatic rings. The molecule has 2 aliphatic rings. The molecule has 0 N–H and O–H groups in total. The van der Waals surface area contributed by atoms with Crippen LogP contribution in [-0.4, -0.2) is 90.0 Å². The average molecular weight is 477 g/mol. The third kappa shape index (κ3) is 5.63. The van der Waals surface area contributed by atoms with Crippen LogP contribution in [0.5, 0.6) is 0 Å². The van der Waals surface area contributed by atoms with Crippen LogP contribution in [0.4, 0.5) is 5.82 Å². The van der Waals surface area contributed by atoms with Crippen LogP contribution in [0.3, 0.4) is 0 Å². The fourth-order valence-electron chi connectivity index (χ4n) is 4.53. The molecule has 178 valence electrons. The third-order valence-electron chi connectivity index (χ3n) is 6.69. The van der Waals surface area contributed by atoms with Crippen molar-refractivity contribution in [2.45, 2.75) is 13.0 Å². The minimum absolute atomic E-state index is 0.153. The van der Waals surface area contributed by atoms with Crippen molar-refractivity contribution in [1.29, 1.82) is 0 Å². The van der Waals surface area contributed by atoms with Crippen LogP contribution < -0.4 is 4.90 Å². The molecule has 2 aromatic heterocycles. The maximum atomic E-state index is 12.9. The quantitative estimate of drug-likeness (QED) is 0.545. The van der Waals surface area contributed by atoms with Crippen molar-refractivity contribution in [2.75, 3.05) is 64.3 Å². The lowest BCUT2D eigenvalue weighted by Gasteiger charge is -2.35. The summed E-state index contributed by atoms with van der Waals surface area (Å²) in [6.45, 7) is 8.59. The molecule has 0 atom stereocenters. The molecule has 0 unspecified atom stereocenters. The summed E-state index contributed by atoms with van der Waals surface area (Å²) < 4.78 is 0. The van der Waals surface area contributed by atoms with Gasteiger partial charge in [-0.1, -0.05) is 30.3 Å². The zero-order chi connectivity index (χ0) is 23.3. The molecule has 0 aliphatic carbocycles. The Bertz CT molecular complexity index is 1070. The van der Waals surface area contributed by atoms with Crippen molar-refractivity contribution in [3.63, 3.8) is 0 Å². The van der Waals surface area contributed by atoms with Gasteiger partial charge in [-0.2, -0.15) is 0 Å². The van der Waals surface area contributed by atoms with Gasteiger partial charge in [-0.25, -0.2) is 9.97 Å². The lowest BCUT2D eigenvalue weighted by Crippen LogP contribution is -2.49.